The molecule has 0 amide bonds. The number of benzene rings is 1. The van der Waals surface area contributed by atoms with Gasteiger partial charge in [-0.3, -0.25) is 4.72 Å². The highest BCUT2D eigenvalue weighted by molar-refractivity contribution is 7.93. The van der Waals surface area contributed by atoms with Gasteiger partial charge in [-0.1, -0.05) is 24.4 Å². The minimum Gasteiger partial charge on any atom is -0.389 e. The normalized spacial score (nSPS) is 11.1. The van der Waals surface area contributed by atoms with Crippen molar-refractivity contribution in [3.8, 4) is 0 Å². The summed E-state index contributed by atoms with van der Waals surface area (Å²) in [6.07, 6.45) is 1.52. The van der Waals surface area contributed by atoms with Crippen LogP contribution >= 0.6 is 23.6 Å². The molecule has 3 N–H and O–H groups in total. The van der Waals surface area contributed by atoms with E-state index < -0.39 is 10.0 Å². The van der Waals surface area contributed by atoms with Crippen molar-refractivity contribution in [2.24, 2.45) is 5.73 Å². The molecule has 0 aliphatic carbocycles. The van der Waals surface area contributed by atoms with Gasteiger partial charge in [0.1, 0.15) is 4.99 Å². The molecule has 5 nitrogen and oxygen atoms in total. The van der Waals surface area contributed by atoms with E-state index in [1.54, 1.807) is 17.5 Å². The monoisotopic (exact) mass is 299 g/mol. The molecule has 0 saturated heterocycles. The zero-order chi connectivity index (χ0) is 13.2. The maximum absolute atomic E-state index is 12.0. The summed E-state index contributed by atoms with van der Waals surface area (Å²) < 4.78 is 26.5. The van der Waals surface area contributed by atoms with Crippen LogP contribution in [0.2, 0.25) is 0 Å². The number of hydrogen-bond acceptors (Lipinski definition) is 5. The maximum Gasteiger partial charge on any atom is 0.263 e. The molecule has 18 heavy (non-hydrogen) atoms. The lowest BCUT2D eigenvalue weighted by atomic mass is 10.2. The molecular weight excluding hydrogens is 290 g/mol. The average Bonchev–Trinajstić information content (AvgIpc) is 2.81. The first-order valence-corrected chi connectivity index (χ1v) is 7.58. The molecule has 0 aliphatic rings. The van der Waals surface area contributed by atoms with Crippen molar-refractivity contribution < 1.29 is 8.42 Å². The molecule has 0 radical (unpaired) electrons. The summed E-state index contributed by atoms with van der Waals surface area (Å²) >= 11 is 6.02. The SMILES string of the molecule is NC(=S)c1cccc(S(=O)(=O)Nc2nccs2)c1. The second-order valence-corrected chi connectivity index (χ2v) is 6.35. The van der Waals surface area contributed by atoms with Gasteiger partial charge in [-0.15, -0.1) is 11.3 Å². The standard InChI is InChI=1S/C10H9N3O2S3/c11-9(16)7-2-1-3-8(6-7)18(14,15)13-10-12-4-5-17-10/h1-6H,(H2,11,16)(H,12,13). The van der Waals surface area contributed by atoms with E-state index in [-0.39, 0.29) is 9.88 Å². The van der Waals surface area contributed by atoms with Crippen LogP contribution in [0.5, 0.6) is 0 Å². The Morgan fingerprint density at radius 1 is 1.44 bits per heavy atom. The minimum absolute atomic E-state index is 0.100. The quantitative estimate of drug-likeness (QED) is 0.837. The summed E-state index contributed by atoms with van der Waals surface area (Å²) in [7, 11) is -3.66. The molecule has 94 valence electrons. The summed E-state index contributed by atoms with van der Waals surface area (Å²) in [6.45, 7) is 0. The van der Waals surface area contributed by atoms with Crippen LogP contribution in [0.15, 0.2) is 40.7 Å². The van der Waals surface area contributed by atoms with Gasteiger partial charge < -0.3 is 5.73 Å². The first kappa shape index (κ1) is 12.9. The Bertz CT molecular complexity index is 665. The van der Waals surface area contributed by atoms with Crippen molar-refractivity contribution in [1.82, 2.24) is 4.98 Å². The highest BCUT2D eigenvalue weighted by Gasteiger charge is 2.16. The predicted molar refractivity (Wildman–Crippen MR) is 75.3 cm³/mol. The number of thiocarbonyl (C=S) groups is 1. The van der Waals surface area contributed by atoms with Crippen molar-refractivity contribution in [3.63, 3.8) is 0 Å². The number of nitrogens with one attached hydrogen (secondary N) is 1. The third-order valence-electron chi connectivity index (χ3n) is 2.08. The van der Waals surface area contributed by atoms with Gasteiger partial charge in [0.05, 0.1) is 4.90 Å². The molecule has 1 aromatic heterocycles. The number of anilines is 1. The molecule has 0 saturated carbocycles. The van der Waals surface area contributed by atoms with Gasteiger partial charge in [0.15, 0.2) is 5.13 Å². The van der Waals surface area contributed by atoms with E-state index in [0.717, 1.165) is 0 Å². The number of sulfonamides is 1. The minimum atomic E-state index is -3.66. The van der Waals surface area contributed by atoms with E-state index in [4.69, 9.17) is 18.0 Å². The van der Waals surface area contributed by atoms with Crippen molar-refractivity contribution in [3.05, 3.63) is 41.4 Å². The van der Waals surface area contributed by atoms with Crippen LogP contribution < -0.4 is 10.5 Å². The van der Waals surface area contributed by atoms with Crippen molar-refractivity contribution >= 4 is 43.7 Å². The highest BCUT2D eigenvalue weighted by atomic mass is 32.2. The molecule has 8 heteroatoms. The zero-order valence-electron chi connectivity index (χ0n) is 9.03. The highest BCUT2D eigenvalue weighted by Crippen LogP contribution is 2.18. The van der Waals surface area contributed by atoms with E-state index in [1.165, 1.54) is 29.7 Å². The number of nitrogens with zero attached hydrogens (tertiary/aromatic N) is 1. The molecule has 1 aromatic carbocycles. The third-order valence-corrected chi connectivity index (χ3v) is 4.47. The topological polar surface area (TPSA) is 85.1 Å². The Morgan fingerprint density at radius 3 is 2.83 bits per heavy atom. The van der Waals surface area contributed by atoms with Crippen molar-refractivity contribution in [2.45, 2.75) is 4.90 Å². The van der Waals surface area contributed by atoms with Gasteiger partial charge in [0.2, 0.25) is 0 Å². The van der Waals surface area contributed by atoms with Gasteiger partial charge in [-0.2, -0.15) is 0 Å². The molecule has 2 aromatic rings. The van der Waals surface area contributed by atoms with E-state index in [2.05, 4.69) is 9.71 Å². The van der Waals surface area contributed by atoms with E-state index in [9.17, 15) is 8.42 Å². The average molecular weight is 299 g/mol. The lowest BCUT2D eigenvalue weighted by molar-refractivity contribution is 0.601. The number of aromatic nitrogens is 1. The molecule has 2 rings (SSSR count). The van der Waals surface area contributed by atoms with Gasteiger partial charge in [-0.05, 0) is 12.1 Å². The van der Waals surface area contributed by atoms with E-state index in [0.29, 0.717) is 10.7 Å². The first-order valence-electron chi connectivity index (χ1n) is 4.81. The lowest BCUT2D eigenvalue weighted by Gasteiger charge is -2.06. The van der Waals surface area contributed by atoms with E-state index >= 15 is 0 Å². The van der Waals surface area contributed by atoms with Crippen LogP contribution in [-0.2, 0) is 10.0 Å². The second-order valence-electron chi connectivity index (χ2n) is 3.33. The fraction of sp³-hybridized carbons (Fsp3) is 0. The largest absolute Gasteiger partial charge is 0.389 e. The molecule has 0 unspecified atom stereocenters. The summed E-state index contributed by atoms with van der Waals surface area (Å²) in [5.74, 6) is 0. The van der Waals surface area contributed by atoms with Crippen LogP contribution in [0.25, 0.3) is 0 Å². The lowest BCUT2D eigenvalue weighted by Crippen LogP contribution is -2.15. The third kappa shape index (κ3) is 2.84. The summed E-state index contributed by atoms with van der Waals surface area (Å²) in [4.78, 5) is 4.12. The molecule has 0 bridgehead atoms. The van der Waals surface area contributed by atoms with E-state index in [1.807, 2.05) is 0 Å². The molecule has 0 fully saturated rings. The number of nitrogens with two attached hydrogens (primary N) is 1. The van der Waals surface area contributed by atoms with Crippen molar-refractivity contribution in [2.75, 3.05) is 4.72 Å². The zero-order valence-corrected chi connectivity index (χ0v) is 11.5. The molecule has 0 spiro atoms. The van der Waals surface area contributed by atoms with Crippen LogP contribution in [0, 0.1) is 0 Å². The van der Waals surface area contributed by atoms with Crippen molar-refractivity contribution in [1.29, 1.82) is 0 Å². The molecule has 0 atom stereocenters. The predicted octanol–water partition coefficient (Wildman–Crippen LogP) is 1.58. The van der Waals surface area contributed by atoms with Crippen LogP contribution in [0.3, 0.4) is 0 Å². The fourth-order valence-electron chi connectivity index (χ4n) is 1.26. The van der Waals surface area contributed by atoms with Crippen LogP contribution in [0.1, 0.15) is 5.56 Å². The number of rotatable bonds is 4. The summed E-state index contributed by atoms with van der Waals surface area (Å²) in [6, 6.07) is 6.14. The Morgan fingerprint density at radius 2 is 2.22 bits per heavy atom. The van der Waals surface area contributed by atoms with Crippen LogP contribution in [0.4, 0.5) is 5.13 Å². The number of thiazole rings is 1. The Hall–Kier alpha value is -1.51. The maximum atomic E-state index is 12.0. The summed E-state index contributed by atoms with van der Waals surface area (Å²) in [5, 5.41) is 2.00. The van der Waals surface area contributed by atoms with Gasteiger partial charge >= 0.3 is 0 Å². The van der Waals surface area contributed by atoms with Gasteiger partial charge in [0, 0.05) is 17.1 Å². The fourth-order valence-corrected chi connectivity index (χ4v) is 3.23. The number of hydrogen-bond donors (Lipinski definition) is 2. The van der Waals surface area contributed by atoms with Gasteiger partial charge in [-0.25, -0.2) is 13.4 Å². The van der Waals surface area contributed by atoms with Gasteiger partial charge in [0.25, 0.3) is 10.0 Å². The summed E-state index contributed by atoms with van der Waals surface area (Å²) in [5.41, 5.74) is 5.97. The Balaban J connectivity index is 2.35. The van der Waals surface area contributed by atoms with Crippen LogP contribution in [-0.4, -0.2) is 18.4 Å². The molecular formula is C10H9N3O2S3. The second kappa shape index (κ2) is 5.01. The molecule has 1 heterocycles. The Kier molecular flexibility index (Phi) is 3.60. The smallest absolute Gasteiger partial charge is 0.263 e. The first-order chi connectivity index (χ1) is 8.49. The molecule has 0 aliphatic heterocycles. The Labute approximate surface area is 114 Å².